The van der Waals surface area contributed by atoms with Crippen molar-refractivity contribution in [3.63, 3.8) is 0 Å². The summed E-state index contributed by atoms with van der Waals surface area (Å²) in [6, 6.07) is 14.8. The fourth-order valence-electron chi connectivity index (χ4n) is 2.37. The van der Waals surface area contributed by atoms with Crippen molar-refractivity contribution in [3.05, 3.63) is 54.1 Å². The van der Waals surface area contributed by atoms with Crippen molar-refractivity contribution in [3.8, 4) is 16.9 Å². The third-order valence-electron chi connectivity index (χ3n) is 3.49. The van der Waals surface area contributed by atoms with Crippen molar-refractivity contribution >= 4 is 11.9 Å². The molecule has 0 spiro atoms. The molecule has 25 heavy (non-hydrogen) atoms. The first-order valence-electron chi connectivity index (χ1n) is 7.96. The molecule has 0 fully saturated rings. The number of carbonyl (C=O) groups excluding carboxylic acids is 1. The van der Waals surface area contributed by atoms with E-state index in [2.05, 4.69) is 5.32 Å². The van der Waals surface area contributed by atoms with Crippen LogP contribution in [0.25, 0.3) is 11.1 Å². The van der Waals surface area contributed by atoms with E-state index in [1.165, 1.54) is 0 Å². The first kappa shape index (κ1) is 18.5. The first-order valence-corrected chi connectivity index (χ1v) is 7.96. The molecule has 2 aromatic carbocycles. The van der Waals surface area contributed by atoms with E-state index in [0.717, 1.165) is 11.1 Å². The second kappa shape index (κ2) is 9.44. The summed E-state index contributed by atoms with van der Waals surface area (Å²) in [5, 5.41) is 11.2. The maximum absolute atomic E-state index is 12.1. The Kier molecular flexibility index (Phi) is 6.98. The van der Waals surface area contributed by atoms with Crippen LogP contribution in [-0.4, -0.2) is 43.9 Å². The van der Waals surface area contributed by atoms with E-state index in [1.807, 2.05) is 42.5 Å². The number of carbonyl (C=O) groups is 2. The molecule has 6 nitrogen and oxygen atoms in total. The molecule has 0 aliphatic carbocycles. The van der Waals surface area contributed by atoms with Gasteiger partial charge in [0.2, 0.25) is 0 Å². The highest BCUT2D eigenvalue weighted by Gasteiger charge is 2.14. The van der Waals surface area contributed by atoms with E-state index in [4.69, 9.17) is 14.6 Å². The number of hydrogen-bond acceptors (Lipinski definition) is 4. The van der Waals surface area contributed by atoms with Gasteiger partial charge < -0.3 is 19.9 Å². The van der Waals surface area contributed by atoms with Crippen LogP contribution < -0.4 is 10.1 Å². The summed E-state index contributed by atoms with van der Waals surface area (Å²) in [5.74, 6) is -0.485. The van der Waals surface area contributed by atoms with Gasteiger partial charge in [0.25, 0.3) is 5.91 Å². The van der Waals surface area contributed by atoms with Gasteiger partial charge in [-0.3, -0.25) is 4.79 Å². The van der Waals surface area contributed by atoms with Gasteiger partial charge in [0.05, 0.1) is 13.2 Å². The van der Waals surface area contributed by atoms with E-state index in [0.29, 0.717) is 30.9 Å². The molecule has 0 aliphatic rings. The van der Waals surface area contributed by atoms with Crippen LogP contribution >= 0.6 is 0 Å². The van der Waals surface area contributed by atoms with Crippen molar-refractivity contribution in [2.75, 3.05) is 26.9 Å². The predicted molar refractivity (Wildman–Crippen MR) is 93.8 cm³/mol. The molecule has 132 valence electrons. The average Bonchev–Trinajstić information content (AvgIpc) is 2.64. The zero-order valence-corrected chi connectivity index (χ0v) is 14.0. The number of carboxylic acids is 1. The van der Waals surface area contributed by atoms with Gasteiger partial charge in [-0.05, 0) is 17.7 Å². The second-order valence-corrected chi connectivity index (χ2v) is 5.27. The van der Waals surface area contributed by atoms with Gasteiger partial charge in [-0.1, -0.05) is 36.4 Å². The van der Waals surface area contributed by atoms with Gasteiger partial charge in [-0.2, -0.15) is 0 Å². The fraction of sp³-hybridized carbons (Fsp3) is 0.263. The Labute approximate surface area is 146 Å². The minimum Gasteiger partial charge on any atom is -0.493 e. The van der Waals surface area contributed by atoms with Crippen LogP contribution in [0.2, 0.25) is 0 Å². The normalized spacial score (nSPS) is 10.3. The number of hydrogen-bond donors (Lipinski definition) is 2. The predicted octanol–water partition coefficient (Wildman–Crippen LogP) is 2.58. The van der Waals surface area contributed by atoms with Gasteiger partial charge in [0.1, 0.15) is 12.4 Å². The standard InChI is InChI=1S/C19H21NO5/c1-20-19(23)16-9-3-2-7-14(16)15-8-4-5-10-17(15)25-12-6-11-24-13-18(21)22/h2-5,7-10H,6,11-13H2,1H3,(H,20,23)(H,21,22). The lowest BCUT2D eigenvalue weighted by Gasteiger charge is -2.14. The Hall–Kier alpha value is -2.86. The van der Waals surface area contributed by atoms with Gasteiger partial charge in [-0.15, -0.1) is 0 Å². The number of para-hydroxylation sites is 1. The highest BCUT2D eigenvalue weighted by molar-refractivity contribution is 6.01. The third-order valence-corrected chi connectivity index (χ3v) is 3.49. The summed E-state index contributed by atoms with van der Waals surface area (Å²) < 4.78 is 10.8. The number of rotatable bonds is 9. The average molecular weight is 343 g/mol. The lowest BCUT2D eigenvalue weighted by molar-refractivity contribution is -0.142. The molecule has 0 saturated carbocycles. The van der Waals surface area contributed by atoms with Gasteiger partial charge in [-0.25, -0.2) is 4.79 Å². The molecule has 0 radical (unpaired) electrons. The SMILES string of the molecule is CNC(=O)c1ccccc1-c1ccccc1OCCCOCC(=O)O. The number of aliphatic carboxylic acids is 1. The Morgan fingerprint density at radius 1 is 1.00 bits per heavy atom. The number of ether oxygens (including phenoxy) is 2. The summed E-state index contributed by atoms with van der Waals surface area (Å²) in [7, 11) is 1.60. The van der Waals surface area contributed by atoms with Crippen LogP contribution in [0, 0.1) is 0 Å². The van der Waals surface area contributed by atoms with Gasteiger partial charge >= 0.3 is 5.97 Å². The van der Waals surface area contributed by atoms with Gasteiger partial charge in [0.15, 0.2) is 0 Å². The first-order chi connectivity index (χ1) is 12.1. The molecule has 0 aromatic heterocycles. The molecule has 0 atom stereocenters. The molecular weight excluding hydrogens is 322 g/mol. The van der Waals surface area contributed by atoms with E-state index in [-0.39, 0.29) is 12.5 Å². The molecule has 0 bridgehead atoms. The van der Waals surface area contributed by atoms with Gasteiger partial charge in [0, 0.05) is 24.6 Å². The monoisotopic (exact) mass is 343 g/mol. The van der Waals surface area contributed by atoms with Crippen LogP contribution in [0.4, 0.5) is 0 Å². The van der Waals surface area contributed by atoms with Crippen LogP contribution in [-0.2, 0) is 9.53 Å². The Bertz CT molecular complexity index is 729. The quantitative estimate of drug-likeness (QED) is 0.684. The van der Waals surface area contributed by atoms with Crippen molar-refractivity contribution in [1.82, 2.24) is 5.32 Å². The smallest absolute Gasteiger partial charge is 0.329 e. The Morgan fingerprint density at radius 2 is 1.68 bits per heavy atom. The van der Waals surface area contributed by atoms with E-state index >= 15 is 0 Å². The highest BCUT2D eigenvalue weighted by Crippen LogP contribution is 2.32. The molecule has 6 heteroatoms. The molecule has 1 amide bonds. The Balaban J connectivity index is 2.09. The number of carboxylic acid groups (broad SMARTS) is 1. The van der Waals surface area contributed by atoms with Crippen molar-refractivity contribution in [2.45, 2.75) is 6.42 Å². The van der Waals surface area contributed by atoms with Crippen LogP contribution in [0.1, 0.15) is 16.8 Å². The third kappa shape index (κ3) is 5.32. The molecule has 2 rings (SSSR count). The number of nitrogens with one attached hydrogen (secondary N) is 1. The molecule has 0 saturated heterocycles. The molecular formula is C19H21NO5. The Morgan fingerprint density at radius 3 is 2.40 bits per heavy atom. The maximum Gasteiger partial charge on any atom is 0.329 e. The lowest BCUT2D eigenvalue weighted by atomic mass is 9.98. The minimum atomic E-state index is -0.989. The minimum absolute atomic E-state index is 0.160. The number of benzene rings is 2. The fourth-order valence-corrected chi connectivity index (χ4v) is 2.37. The zero-order chi connectivity index (χ0) is 18.1. The van der Waals surface area contributed by atoms with Crippen molar-refractivity contribution in [2.24, 2.45) is 0 Å². The summed E-state index contributed by atoms with van der Waals surface area (Å²) in [6.07, 6.45) is 0.568. The summed E-state index contributed by atoms with van der Waals surface area (Å²) in [4.78, 5) is 22.5. The van der Waals surface area contributed by atoms with Crippen LogP contribution in [0.15, 0.2) is 48.5 Å². The molecule has 0 unspecified atom stereocenters. The molecule has 2 aromatic rings. The topological polar surface area (TPSA) is 84.9 Å². The maximum atomic E-state index is 12.1. The van der Waals surface area contributed by atoms with Crippen molar-refractivity contribution < 1.29 is 24.2 Å². The summed E-state index contributed by atoms with van der Waals surface area (Å²) >= 11 is 0. The second-order valence-electron chi connectivity index (χ2n) is 5.27. The van der Waals surface area contributed by atoms with Crippen LogP contribution in [0.5, 0.6) is 5.75 Å². The zero-order valence-electron chi connectivity index (χ0n) is 14.0. The lowest BCUT2D eigenvalue weighted by Crippen LogP contribution is -2.18. The highest BCUT2D eigenvalue weighted by atomic mass is 16.5. The molecule has 2 N–H and O–H groups in total. The van der Waals surface area contributed by atoms with E-state index < -0.39 is 5.97 Å². The van der Waals surface area contributed by atoms with E-state index in [1.54, 1.807) is 13.1 Å². The summed E-state index contributed by atoms with van der Waals surface area (Å²) in [5.41, 5.74) is 2.19. The molecule has 0 heterocycles. The van der Waals surface area contributed by atoms with E-state index in [9.17, 15) is 9.59 Å². The van der Waals surface area contributed by atoms with Crippen LogP contribution in [0.3, 0.4) is 0 Å². The van der Waals surface area contributed by atoms with Crippen molar-refractivity contribution in [1.29, 1.82) is 0 Å². The number of amides is 1. The summed E-state index contributed by atoms with van der Waals surface area (Å²) in [6.45, 7) is 0.387. The largest absolute Gasteiger partial charge is 0.493 e. The molecule has 0 aliphatic heterocycles.